The highest BCUT2D eigenvalue weighted by Crippen LogP contribution is 2.40. The van der Waals surface area contributed by atoms with Crippen molar-refractivity contribution in [3.63, 3.8) is 0 Å². The van der Waals surface area contributed by atoms with Gasteiger partial charge in [-0.25, -0.2) is 12.8 Å². The van der Waals surface area contributed by atoms with Gasteiger partial charge in [-0.3, -0.25) is 9.48 Å². The predicted octanol–water partition coefficient (Wildman–Crippen LogP) is 3.26. The largest absolute Gasteiger partial charge is 0.379 e. The van der Waals surface area contributed by atoms with Crippen LogP contribution in [0.2, 0.25) is 5.02 Å². The van der Waals surface area contributed by atoms with Crippen molar-refractivity contribution < 1.29 is 17.5 Å². The van der Waals surface area contributed by atoms with Crippen molar-refractivity contribution in [2.24, 2.45) is 7.05 Å². The van der Waals surface area contributed by atoms with Crippen LogP contribution in [0.1, 0.15) is 37.3 Å². The molecule has 0 unspecified atom stereocenters. The fourth-order valence-electron chi connectivity index (χ4n) is 4.14. The topological polar surface area (TPSA) is 108 Å². The number of nitrogens with one attached hydrogen (secondary N) is 1. The summed E-state index contributed by atoms with van der Waals surface area (Å²) in [4.78, 5) is 12.9. The van der Waals surface area contributed by atoms with E-state index in [2.05, 4.69) is 15.5 Å². The van der Waals surface area contributed by atoms with Crippen LogP contribution in [-0.4, -0.2) is 53.4 Å². The second-order valence-corrected chi connectivity index (χ2v) is 11.3. The van der Waals surface area contributed by atoms with Crippen LogP contribution in [-0.2, 0) is 21.6 Å². The van der Waals surface area contributed by atoms with Crippen LogP contribution in [0, 0.1) is 0 Å². The van der Waals surface area contributed by atoms with Gasteiger partial charge in [0.15, 0.2) is 10.7 Å². The van der Waals surface area contributed by atoms with E-state index in [9.17, 15) is 17.6 Å². The van der Waals surface area contributed by atoms with Gasteiger partial charge >= 0.3 is 0 Å². The van der Waals surface area contributed by atoms with E-state index < -0.39 is 21.1 Å². The van der Waals surface area contributed by atoms with Gasteiger partial charge < -0.3 is 10.1 Å². The lowest BCUT2D eigenvalue weighted by Crippen LogP contribution is -2.40. The fraction of sp³-hybridized carbons (Fsp3) is 0.435. The summed E-state index contributed by atoms with van der Waals surface area (Å²) >= 11 is 6.25. The molecule has 2 aromatic heterocycles. The van der Waals surface area contributed by atoms with Gasteiger partial charge in [0.05, 0.1) is 41.3 Å². The van der Waals surface area contributed by atoms with Crippen LogP contribution in [0.15, 0.2) is 51.2 Å². The zero-order chi connectivity index (χ0) is 24.8. The molecule has 1 atom stereocenters. The third-order valence-electron chi connectivity index (χ3n) is 6.31. The molecule has 2 aliphatic rings. The summed E-state index contributed by atoms with van der Waals surface area (Å²) in [6.45, 7) is 0.465. The highest BCUT2D eigenvalue weighted by Gasteiger charge is 2.33. The lowest BCUT2D eigenvalue weighted by molar-refractivity contribution is -0.0234. The summed E-state index contributed by atoms with van der Waals surface area (Å²) in [6, 6.07) is 7.42. The van der Waals surface area contributed by atoms with Gasteiger partial charge in [0.2, 0.25) is 9.84 Å². The van der Waals surface area contributed by atoms with E-state index in [1.807, 2.05) is 0 Å². The molecular weight excluding hydrogens is 497 g/mol. The number of aromatic nitrogens is 4. The third kappa shape index (κ3) is 4.72. The van der Waals surface area contributed by atoms with Crippen molar-refractivity contribution in [1.29, 1.82) is 0 Å². The molecule has 1 aromatic carbocycles. The second-order valence-electron chi connectivity index (χ2n) is 9.05. The highest BCUT2D eigenvalue weighted by atomic mass is 35.5. The Balaban J connectivity index is 1.36. The first-order valence-corrected chi connectivity index (χ1v) is 13.2. The molecule has 0 amide bonds. The van der Waals surface area contributed by atoms with Gasteiger partial charge in [-0.1, -0.05) is 11.6 Å². The fourth-order valence-corrected chi connectivity index (χ4v) is 5.74. The number of ether oxygens (including phenoxy) is 1. The van der Waals surface area contributed by atoms with Gasteiger partial charge in [0.1, 0.15) is 5.02 Å². The van der Waals surface area contributed by atoms with Gasteiger partial charge in [0.25, 0.3) is 5.56 Å². The molecule has 0 spiro atoms. The quantitative estimate of drug-likeness (QED) is 0.508. The molecule has 35 heavy (non-hydrogen) atoms. The number of benzene rings is 1. The zero-order valence-corrected chi connectivity index (χ0v) is 20.6. The molecule has 9 nitrogen and oxygen atoms in total. The standard InChI is InChI=1S/C23H25ClFN5O4S/c1-29-20(11-18(28-29)15-3-4-15)35(32,33)17-7-5-16(6-8-17)30-22(31)21(24)19(12-27-30)26-13-23(25)9-2-10-34-14-23/h5-8,11-12,15,26H,2-4,9-10,13-14H2,1H3/t23-/m0/s1. The molecular formula is C23H25ClFN5O4S. The normalized spacial score (nSPS) is 20.7. The van der Waals surface area contributed by atoms with Crippen molar-refractivity contribution >= 4 is 27.1 Å². The average molecular weight is 522 g/mol. The first-order valence-electron chi connectivity index (χ1n) is 11.4. The van der Waals surface area contributed by atoms with Gasteiger partial charge in [-0.05, 0) is 56.0 Å². The molecule has 12 heteroatoms. The summed E-state index contributed by atoms with van der Waals surface area (Å²) in [6.07, 6.45) is 4.37. The molecule has 2 fully saturated rings. The summed E-state index contributed by atoms with van der Waals surface area (Å²) in [7, 11) is -2.18. The molecule has 3 heterocycles. The number of sulfone groups is 1. The number of anilines is 1. The minimum absolute atomic E-state index is 0.0158. The van der Waals surface area contributed by atoms with Crippen LogP contribution >= 0.6 is 11.6 Å². The Hall–Kier alpha value is -2.76. The molecule has 5 rings (SSSR count). The zero-order valence-electron chi connectivity index (χ0n) is 19.1. The molecule has 1 saturated heterocycles. The van der Waals surface area contributed by atoms with Gasteiger partial charge in [-0.2, -0.15) is 14.9 Å². The van der Waals surface area contributed by atoms with E-state index in [1.54, 1.807) is 13.1 Å². The van der Waals surface area contributed by atoms with Crippen LogP contribution in [0.5, 0.6) is 0 Å². The Bertz CT molecular complexity index is 1410. The van der Waals surface area contributed by atoms with E-state index in [-0.39, 0.29) is 33.8 Å². The minimum Gasteiger partial charge on any atom is -0.379 e. The molecule has 0 bridgehead atoms. The SMILES string of the molecule is Cn1nc(C2CC2)cc1S(=O)(=O)c1ccc(-n2ncc(NC[C@@]3(F)CCCOC3)c(Cl)c2=O)cc1. The number of nitrogens with zero attached hydrogens (tertiary/aromatic N) is 4. The second kappa shape index (κ2) is 9.03. The van der Waals surface area contributed by atoms with Gasteiger partial charge in [0, 0.05) is 19.6 Å². The number of alkyl halides is 1. The van der Waals surface area contributed by atoms with Crippen LogP contribution in [0.4, 0.5) is 10.1 Å². The smallest absolute Gasteiger partial charge is 0.292 e. The summed E-state index contributed by atoms with van der Waals surface area (Å²) in [5.74, 6) is 0.333. The molecule has 3 aromatic rings. The number of hydrogen-bond acceptors (Lipinski definition) is 7. The Kier molecular flexibility index (Phi) is 6.18. The van der Waals surface area contributed by atoms with Crippen molar-refractivity contribution in [3.05, 3.63) is 57.6 Å². The van der Waals surface area contributed by atoms with E-state index in [0.717, 1.165) is 23.2 Å². The molecule has 1 saturated carbocycles. The minimum atomic E-state index is -3.79. The lowest BCUT2D eigenvalue weighted by atomic mass is 9.99. The Morgan fingerprint density at radius 2 is 2.03 bits per heavy atom. The number of hydrogen-bond donors (Lipinski definition) is 1. The lowest BCUT2D eigenvalue weighted by Gasteiger charge is -2.29. The van der Waals surface area contributed by atoms with Crippen molar-refractivity contribution in [2.75, 3.05) is 25.1 Å². The summed E-state index contributed by atoms with van der Waals surface area (Å²) in [5, 5.41) is 11.3. The molecule has 1 N–H and O–H groups in total. The number of rotatable bonds is 7. The Labute approximate surface area is 206 Å². The van der Waals surface area contributed by atoms with E-state index in [1.165, 1.54) is 35.1 Å². The monoisotopic (exact) mass is 521 g/mol. The van der Waals surface area contributed by atoms with Crippen LogP contribution in [0.3, 0.4) is 0 Å². The van der Waals surface area contributed by atoms with Crippen LogP contribution in [0.25, 0.3) is 5.69 Å². The number of aryl methyl sites for hydroxylation is 1. The summed E-state index contributed by atoms with van der Waals surface area (Å²) in [5.41, 5.74) is -0.797. The highest BCUT2D eigenvalue weighted by molar-refractivity contribution is 7.91. The Morgan fingerprint density at radius 3 is 2.69 bits per heavy atom. The van der Waals surface area contributed by atoms with E-state index in [0.29, 0.717) is 31.1 Å². The third-order valence-corrected chi connectivity index (χ3v) is 8.50. The molecule has 1 aliphatic heterocycles. The predicted molar refractivity (Wildman–Crippen MR) is 128 cm³/mol. The Morgan fingerprint density at radius 1 is 1.29 bits per heavy atom. The average Bonchev–Trinajstić information content (AvgIpc) is 3.62. The van der Waals surface area contributed by atoms with E-state index >= 15 is 0 Å². The molecule has 0 radical (unpaired) electrons. The van der Waals surface area contributed by atoms with Gasteiger partial charge in [-0.15, -0.1) is 0 Å². The van der Waals surface area contributed by atoms with Crippen molar-refractivity contribution in [3.8, 4) is 5.69 Å². The first kappa shape index (κ1) is 24.0. The van der Waals surface area contributed by atoms with Crippen LogP contribution < -0.4 is 10.9 Å². The first-order chi connectivity index (χ1) is 16.7. The van der Waals surface area contributed by atoms with Crippen molar-refractivity contribution in [1.82, 2.24) is 19.6 Å². The maximum Gasteiger partial charge on any atom is 0.292 e. The maximum absolute atomic E-state index is 14.8. The van der Waals surface area contributed by atoms with E-state index in [4.69, 9.17) is 16.3 Å². The molecule has 186 valence electrons. The maximum atomic E-state index is 14.8. The number of halogens is 2. The molecule has 1 aliphatic carbocycles. The van der Waals surface area contributed by atoms with Crippen molar-refractivity contribution in [2.45, 2.75) is 47.2 Å². The summed E-state index contributed by atoms with van der Waals surface area (Å²) < 4.78 is 48.7.